The fraction of sp³-hybridized carbons (Fsp3) is 0.643. The van der Waals surface area contributed by atoms with Crippen molar-refractivity contribution in [3.05, 3.63) is 42.0 Å². The molecule has 1 aromatic rings. The molecule has 1 aromatic carbocycles. The van der Waals surface area contributed by atoms with Crippen LogP contribution in [0.3, 0.4) is 0 Å². The molecule has 0 heterocycles. The van der Waals surface area contributed by atoms with Gasteiger partial charge in [-0.3, -0.25) is 4.79 Å². The second-order valence-electron chi connectivity index (χ2n) is 8.90. The molecular formula is C28H44N2O8. The molecule has 0 saturated carbocycles. The number of allylic oxidation sites excluding steroid dienone is 2. The first-order valence-corrected chi connectivity index (χ1v) is 13.6. The Kier molecular flexibility index (Phi) is 17.7. The van der Waals surface area contributed by atoms with Crippen LogP contribution < -0.4 is 10.6 Å². The van der Waals surface area contributed by atoms with Gasteiger partial charge in [0.2, 0.25) is 5.91 Å². The fourth-order valence-electron chi connectivity index (χ4n) is 3.69. The lowest BCUT2D eigenvalue weighted by atomic mass is 10.0. The number of carbonyl (C=O) groups excluding carboxylic acids is 2. The van der Waals surface area contributed by atoms with E-state index in [2.05, 4.69) is 22.8 Å². The minimum Gasteiger partial charge on any atom is -0.508 e. The Balaban J connectivity index is 1.27. The summed E-state index contributed by atoms with van der Waals surface area (Å²) in [4.78, 5) is 23.7. The van der Waals surface area contributed by atoms with Crippen LogP contribution in [0.25, 0.3) is 0 Å². The van der Waals surface area contributed by atoms with Crippen molar-refractivity contribution in [1.82, 2.24) is 10.6 Å². The maximum absolute atomic E-state index is 11.9. The molecule has 0 radical (unpaired) electrons. The summed E-state index contributed by atoms with van der Waals surface area (Å²) >= 11 is 0. The van der Waals surface area contributed by atoms with Gasteiger partial charge < -0.3 is 39.4 Å². The third-order valence-corrected chi connectivity index (χ3v) is 5.77. The molecule has 1 aliphatic rings. The third-order valence-electron chi connectivity index (χ3n) is 5.77. The highest BCUT2D eigenvalue weighted by Gasteiger charge is 2.14. The molecule has 1 atom stereocenters. The van der Waals surface area contributed by atoms with E-state index in [0.717, 1.165) is 37.7 Å². The summed E-state index contributed by atoms with van der Waals surface area (Å²) in [6.07, 6.45) is 9.78. The molecule has 3 N–H and O–H groups in total. The van der Waals surface area contributed by atoms with Crippen LogP contribution in [0.5, 0.6) is 5.75 Å². The van der Waals surface area contributed by atoms with Crippen molar-refractivity contribution >= 4 is 12.0 Å². The monoisotopic (exact) mass is 536 g/mol. The summed E-state index contributed by atoms with van der Waals surface area (Å²) < 4.78 is 27.2. The van der Waals surface area contributed by atoms with Crippen LogP contribution in [0.1, 0.15) is 44.1 Å². The zero-order valence-electron chi connectivity index (χ0n) is 22.4. The Morgan fingerprint density at radius 3 is 2.11 bits per heavy atom. The zero-order chi connectivity index (χ0) is 27.1. The molecule has 0 spiro atoms. The number of ether oxygens (including phenoxy) is 5. The Bertz CT molecular complexity index is 788. The fourth-order valence-corrected chi connectivity index (χ4v) is 3.69. The molecule has 1 unspecified atom stereocenters. The highest BCUT2D eigenvalue weighted by atomic mass is 16.6. The molecule has 2 amide bonds. The summed E-state index contributed by atoms with van der Waals surface area (Å²) in [5.74, 6) is 0.176. The lowest BCUT2D eigenvalue weighted by Gasteiger charge is -2.18. The molecule has 0 fully saturated rings. The van der Waals surface area contributed by atoms with Crippen LogP contribution in [0, 0.1) is 0 Å². The van der Waals surface area contributed by atoms with Gasteiger partial charge in [0.25, 0.3) is 0 Å². The summed E-state index contributed by atoms with van der Waals surface area (Å²) in [6.45, 7) is 4.31. The summed E-state index contributed by atoms with van der Waals surface area (Å²) in [5.41, 5.74) is 1.05. The van der Waals surface area contributed by atoms with Gasteiger partial charge in [-0.15, -0.1) is 0 Å². The number of nitrogens with one attached hydrogen (secondary N) is 2. The number of hydrogen-bond acceptors (Lipinski definition) is 8. The second kappa shape index (κ2) is 21.3. The summed E-state index contributed by atoms with van der Waals surface area (Å²) in [5, 5.41) is 14.8. The number of amides is 2. The minimum atomic E-state index is -0.384. The molecule has 10 nitrogen and oxygen atoms in total. The molecule has 0 bridgehead atoms. The second-order valence-corrected chi connectivity index (χ2v) is 8.90. The number of phenols is 1. The Hall–Kier alpha value is -2.66. The molecule has 0 saturated heterocycles. The Morgan fingerprint density at radius 1 is 0.763 bits per heavy atom. The van der Waals surface area contributed by atoms with E-state index in [0.29, 0.717) is 78.8 Å². The predicted molar refractivity (Wildman–Crippen MR) is 143 cm³/mol. The number of aromatic hydroxyl groups is 1. The van der Waals surface area contributed by atoms with Gasteiger partial charge in [0, 0.05) is 19.5 Å². The Morgan fingerprint density at radius 2 is 1.39 bits per heavy atom. The normalized spacial score (nSPS) is 16.3. The van der Waals surface area contributed by atoms with Gasteiger partial charge in [-0.1, -0.05) is 24.3 Å². The molecule has 0 aliphatic heterocycles. The molecular weight excluding hydrogens is 492 g/mol. The van der Waals surface area contributed by atoms with Gasteiger partial charge in [0.05, 0.1) is 52.9 Å². The van der Waals surface area contributed by atoms with E-state index in [9.17, 15) is 14.7 Å². The van der Waals surface area contributed by atoms with E-state index in [-0.39, 0.29) is 23.9 Å². The van der Waals surface area contributed by atoms with Gasteiger partial charge in [-0.25, -0.2) is 4.79 Å². The number of benzene rings is 1. The average molecular weight is 537 g/mol. The van der Waals surface area contributed by atoms with Crippen LogP contribution in [0.4, 0.5) is 4.79 Å². The summed E-state index contributed by atoms with van der Waals surface area (Å²) in [7, 11) is 0. The smallest absolute Gasteiger partial charge is 0.407 e. The highest BCUT2D eigenvalue weighted by molar-refractivity contribution is 5.75. The van der Waals surface area contributed by atoms with Crippen LogP contribution in [-0.4, -0.2) is 89.2 Å². The van der Waals surface area contributed by atoms with Gasteiger partial charge in [-0.2, -0.15) is 0 Å². The van der Waals surface area contributed by atoms with Crippen molar-refractivity contribution in [1.29, 1.82) is 0 Å². The molecule has 2 rings (SSSR count). The molecule has 10 heteroatoms. The predicted octanol–water partition coefficient (Wildman–Crippen LogP) is 3.12. The number of rotatable bonds is 19. The first-order valence-electron chi connectivity index (χ1n) is 13.6. The van der Waals surface area contributed by atoms with Gasteiger partial charge in [0.15, 0.2) is 0 Å². The van der Waals surface area contributed by atoms with Crippen LogP contribution in [0.15, 0.2) is 36.4 Å². The topological polar surface area (TPSA) is 125 Å². The van der Waals surface area contributed by atoms with Crippen LogP contribution in [0.2, 0.25) is 0 Å². The first-order chi connectivity index (χ1) is 18.6. The molecule has 1 aliphatic carbocycles. The minimum absolute atomic E-state index is 0.0106. The largest absolute Gasteiger partial charge is 0.508 e. The maximum atomic E-state index is 11.9. The first kappa shape index (κ1) is 31.6. The van der Waals surface area contributed by atoms with Crippen molar-refractivity contribution in [3.63, 3.8) is 0 Å². The van der Waals surface area contributed by atoms with Crippen LogP contribution in [-0.2, 0) is 34.9 Å². The number of alkyl carbamates (subject to hydrolysis) is 1. The zero-order valence-corrected chi connectivity index (χ0v) is 22.4. The highest BCUT2D eigenvalue weighted by Crippen LogP contribution is 2.15. The average Bonchev–Trinajstić information content (AvgIpc) is 2.89. The molecule has 38 heavy (non-hydrogen) atoms. The standard InChI is InChI=1S/C28H44N2O8/c31-25-10-8-24(9-11-25)12-14-29-27(32)13-16-34-18-20-36-22-23-37-21-19-35-17-15-30-28(33)38-26-6-4-2-1-3-5-7-26/h1-2,8-11,26,31H,3-7,12-23H2,(H,29,32)(H,30,33)/b2-1+. The van der Waals surface area contributed by atoms with Crippen molar-refractivity contribution in [2.45, 2.75) is 51.0 Å². The summed E-state index contributed by atoms with van der Waals surface area (Å²) in [6, 6.07) is 6.94. The lowest BCUT2D eigenvalue weighted by Crippen LogP contribution is -2.31. The van der Waals surface area contributed by atoms with E-state index in [4.69, 9.17) is 23.7 Å². The van der Waals surface area contributed by atoms with E-state index in [1.54, 1.807) is 12.1 Å². The van der Waals surface area contributed by atoms with Gasteiger partial charge >= 0.3 is 6.09 Å². The van der Waals surface area contributed by atoms with Gasteiger partial charge in [-0.05, 0) is 56.2 Å². The van der Waals surface area contributed by atoms with Crippen LogP contribution >= 0.6 is 0 Å². The van der Waals surface area contributed by atoms with Crippen molar-refractivity contribution in [2.75, 3.05) is 65.9 Å². The van der Waals surface area contributed by atoms with E-state index >= 15 is 0 Å². The van der Waals surface area contributed by atoms with E-state index in [1.165, 1.54) is 0 Å². The quantitative estimate of drug-likeness (QED) is 0.182. The SMILES string of the molecule is O=C(CCOCCOCCOCCOCCNC(=O)OC1CC/C=C/CCC1)NCCc1ccc(O)cc1. The van der Waals surface area contributed by atoms with E-state index < -0.39 is 0 Å². The Labute approximate surface area is 226 Å². The van der Waals surface area contributed by atoms with Crippen molar-refractivity contribution < 1.29 is 38.4 Å². The third kappa shape index (κ3) is 17.0. The van der Waals surface area contributed by atoms with Gasteiger partial charge in [0.1, 0.15) is 11.9 Å². The number of hydrogen-bond donors (Lipinski definition) is 3. The number of phenolic OH excluding ortho intramolecular Hbond substituents is 1. The number of carbonyl (C=O) groups is 2. The maximum Gasteiger partial charge on any atom is 0.407 e. The molecule has 0 aromatic heterocycles. The van der Waals surface area contributed by atoms with Crippen molar-refractivity contribution in [2.24, 2.45) is 0 Å². The van der Waals surface area contributed by atoms with Crippen molar-refractivity contribution in [3.8, 4) is 5.75 Å². The van der Waals surface area contributed by atoms with E-state index in [1.807, 2.05) is 12.1 Å². The lowest BCUT2D eigenvalue weighted by molar-refractivity contribution is -0.122. The molecule has 214 valence electrons.